The molecule has 8 rings (SSSR count). The van der Waals surface area contributed by atoms with Crippen LogP contribution in [0, 0.1) is 20.8 Å². The SMILES string of the molecule is Cc1ccc(N(c2ccc(-c3ccc(C=Cc4ccc(-c5ccc(N(c6ccccc6)c6ccccc6)cc5)cc4)cc3)cc2)c2cc(C)cc(C)c2)cc1. The lowest BCUT2D eigenvalue weighted by Crippen LogP contribution is -2.10. The third kappa shape index (κ3) is 8.20. The third-order valence-corrected chi connectivity index (χ3v) is 9.99. The second kappa shape index (κ2) is 16.0. The lowest BCUT2D eigenvalue weighted by molar-refractivity contribution is 1.25. The largest absolute Gasteiger partial charge is 0.311 e. The van der Waals surface area contributed by atoms with Gasteiger partial charge in [0.1, 0.15) is 0 Å². The van der Waals surface area contributed by atoms with E-state index in [1.165, 1.54) is 55.8 Å². The molecular formula is C53H44N2. The zero-order valence-electron chi connectivity index (χ0n) is 31.6. The van der Waals surface area contributed by atoms with Gasteiger partial charge in [-0.2, -0.15) is 0 Å². The molecule has 0 bridgehead atoms. The zero-order valence-corrected chi connectivity index (χ0v) is 31.6. The molecule has 0 fully saturated rings. The minimum Gasteiger partial charge on any atom is -0.311 e. The number of anilines is 6. The Hall–Kier alpha value is -6.90. The molecule has 8 aromatic carbocycles. The van der Waals surface area contributed by atoms with Crippen LogP contribution in [0.5, 0.6) is 0 Å². The Labute approximate surface area is 325 Å². The molecule has 0 radical (unpaired) electrons. The quantitative estimate of drug-likeness (QED) is 0.131. The van der Waals surface area contributed by atoms with Crippen molar-refractivity contribution in [2.24, 2.45) is 0 Å². The Morgan fingerprint density at radius 2 is 0.582 bits per heavy atom. The maximum atomic E-state index is 2.34. The summed E-state index contributed by atoms with van der Waals surface area (Å²) in [5, 5.41) is 0. The summed E-state index contributed by atoms with van der Waals surface area (Å²) in [5.41, 5.74) is 17.7. The Morgan fingerprint density at radius 1 is 0.273 bits per heavy atom. The average Bonchev–Trinajstić information content (AvgIpc) is 3.22. The van der Waals surface area contributed by atoms with E-state index in [2.05, 4.69) is 243 Å². The number of para-hydroxylation sites is 2. The minimum absolute atomic E-state index is 1.13. The fourth-order valence-corrected chi connectivity index (χ4v) is 7.19. The van der Waals surface area contributed by atoms with E-state index < -0.39 is 0 Å². The van der Waals surface area contributed by atoms with Gasteiger partial charge in [0.25, 0.3) is 0 Å². The molecule has 0 N–H and O–H groups in total. The molecule has 55 heavy (non-hydrogen) atoms. The van der Waals surface area contributed by atoms with Crippen molar-refractivity contribution < 1.29 is 0 Å². The Balaban J connectivity index is 0.947. The summed E-state index contributed by atoms with van der Waals surface area (Å²) < 4.78 is 0. The van der Waals surface area contributed by atoms with Crippen LogP contribution < -0.4 is 9.80 Å². The second-order valence-corrected chi connectivity index (χ2v) is 14.2. The van der Waals surface area contributed by atoms with E-state index in [0.29, 0.717) is 0 Å². The molecule has 266 valence electrons. The van der Waals surface area contributed by atoms with Crippen LogP contribution in [-0.2, 0) is 0 Å². The number of benzene rings is 8. The highest BCUT2D eigenvalue weighted by molar-refractivity contribution is 5.81. The van der Waals surface area contributed by atoms with E-state index in [0.717, 1.165) is 28.4 Å². The van der Waals surface area contributed by atoms with Gasteiger partial charge in [-0.1, -0.05) is 145 Å². The molecule has 0 amide bonds. The van der Waals surface area contributed by atoms with Gasteiger partial charge in [0.05, 0.1) is 0 Å². The third-order valence-electron chi connectivity index (χ3n) is 9.99. The van der Waals surface area contributed by atoms with Gasteiger partial charge in [0.2, 0.25) is 0 Å². The molecule has 0 aliphatic heterocycles. The molecule has 0 aromatic heterocycles. The molecule has 0 saturated carbocycles. The Kier molecular flexibility index (Phi) is 10.2. The smallest absolute Gasteiger partial charge is 0.0466 e. The first-order valence-electron chi connectivity index (χ1n) is 18.9. The summed E-state index contributed by atoms with van der Waals surface area (Å²) in [7, 11) is 0. The number of rotatable bonds is 10. The standard InChI is InChI=1S/C53H44N2/c1-39-14-30-50(31-15-39)55(53-37-40(2)36-41(3)38-53)52-34-28-47(29-35-52)45-24-20-43(21-25-45)17-16-42-18-22-44(23-19-42)46-26-32-51(33-27-46)54(48-10-6-4-7-11-48)49-12-8-5-9-13-49/h4-38H,1-3H3. The van der Waals surface area contributed by atoms with Gasteiger partial charge >= 0.3 is 0 Å². The van der Waals surface area contributed by atoms with Crippen LogP contribution in [0.2, 0.25) is 0 Å². The number of aryl methyl sites for hydroxylation is 3. The average molecular weight is 709 g/mol. The maximum absolute atomic E-state index is 2.34. The first kappa shape index (κ1) is 35.1. The zero-order chi connectivity index (χ0) is 37.6. The monoisotopic (exact) mass is 708 g/mol. The summed E-state index contributed by atoms with van der Waals surface area (Å²) in [5.74, 6) is 0. The maximum Gasteiger partial charge on any atom is 0.0466 e. The van der Waals surface area contributed by atoms with Crippen molar-refractivity contribution in [3.63, 3.8) is 0 Å². The van der Waals surface area contributed by atoms with Crippen LogP contribution in [0.1, 0.15) is 27.8 Å². The molecule has 2 heteroatoms. The van der Waals surface area contributed by atoms with Gasteiger partial charge in [0, 0.05) is 34.1 Å². The molecule has 2 nitrogen and oxygen atoms in total. The van der Waals surface area contributed by atoms with Crippen molar-refractivity contribution in [1.82, 2.24) is 0 Å². The highest BCUT2D eigenvalue weighted by atomic mass is 15.1. The number of hydrogen-bond acceptors (Lipinski definition) is 2. The Morgan fingerprint density at radius 3 is 0.964 bits per heavy atom. The molecule has 0 heterocycles. The van der Waals surface area contributed by atoms with E-state index in [9.17, 15) is 0 Å². The topological polar surface area (TPSA) is 6.48 Å². The second-order valence-electron chi connectivity index (χ2n) is 14.2. The lowest BCUT2D eigenvalue weighted by atomic mass is 10.0. The summed E-state index contributed by atoms with van der Waals surface area (Å²) in [6.45, 7) is 6.45. The summed E-state index contributed by atoms with van der Waals surface area (Å²) in [6.07, 6.45) is 4.36. The van der Waals surface area contributed by atoms with Crippen molar-refractivity contribution in [2.45, 2.75) is 20.8 Å². The fraction of sp³-hybridized carbons (Fsp3) is 0.0566. The van der Waals surface area contributed by atoms with E-state index in [4.69, 9.17) is 0 Å². The van der Waals surface area contributed by atoms with Gasteiger partial charge in [-0.05, 0) is 138 Å². The summed E-state index contributed by atoms with van der Waals surface area (Å²) in [6, 6.07) is 71.8. The van der Waals surface area contributed by atoms with E-state index in [1.54, 1.807) is 0 Å². The van der Waals surface area contributed by atoms with Crippen LogP contribution in [0.4, 0.5) is 34.1 Å². The minimum atomic E-state index is 1.13. The van der Waals surface area contributed by atoms with Crippen LogP contribution in [0.3, 0.4) is 0 Å². The summed E-state index contributed by atoms with van der Waals surface area (Å²) >= 11 is 0. The van der Waals surface area contributed by atoms with Crippen molar-refractivity contribution >= 4 is 46.3 Å². The van der Waals surface area contributed by atoms with Gasteiger partial charge in [-0.3, -0.25) is 0 Å². The predicted molar refractivity (Wildman–Crippen MR) is 236 cm³/mol. The van der Waals surface area contributed by atoms with E-state index in [-0.39, 0.29) is 0 Å². The molecule has 0 saturated heterocycles. The van der Waals surface area contributed by atoms with E-state index in [1.807, 2.05) is 0 Å². The summed E-state index contributed by atoms with van der Waals surface area (Å²) in [4.78, 5) is 4.63. The van der Waals surface area contributed by atoms with Gasteiger partial charge in [-0.15, -0.1) is 0 Å². The van der Waals surface area contributed by atoms with Crippen molar-refractivity contribution in [3.8, 4) is 22.3 Å². The molecule has 8 aromatic rings. The van der Waals surface area contributed by atoms with Crippen LogP contribution in [0.25, 0.3) is 34.4 Å². The van der Waals surface area contributed by atoms with Crippen LogP contribution in [0.15, 0.2) is 200 Å². The molecular weight excluding hydrogens is 665 g/mol. The number of nitrogens with zero attached hydrogens (tertiary/aromatic N) is 2. The fourth-order valence-electron chi connectivity index (χ4n) is 7.19. The highest BCUT2D eigenvalue weighted by Crippen LogP contribution is 2.38. The molecule has 0 spiro atoms. The van der Waals surface area contributed by atoms with Gasteiger partial charge in [0.15, 0.2) is 0 Å². The Bertz CT molecular complexity index is 2440. The molecule has 0 unspecified atom stereocenters. The molecule has 0 atom stereocenters. The number of hydrogen-bond donors (Lipinski definition) is 0. The van der Waals surface area contributed by atoms with Gasteiger partial charge < -0.3 is 9.80 Å². The lowest BCUT2D eigenvalue weighted by Gasteiger charge is -2.26. The molecule has 0 aliphatic carbocycles. The molecule has 0 aliphatic rings. The first-order valence-corrected chi connectivity index (χ1v) is 18.9. The van der Waals surface area contributed by atoms with Crippen LogP contribution in [-0.4, -0.2) is 0 Å². The van der Waals surface area contributed by atoms with Gasteiger partial charge in [-0.25, -0.2) is 0 Å². The van der Waals surface area contributed by atoms with E-state index >= 15 is 0 Å². The van der Waals surface area contributed by atoms with Crippen molar-refractivity contribution in [3.05, 3.63) is 228 Å². The normalized spacial score (nSPS) is 11.1. The van der Waals surface area contributed by atoms with Crippen molar-refractivity contribution in [2.75, 3.05) is 9.80 Å². The van der Waals surface area contributed by atoms with Crippen LogP contribution >= 0.6 is 0 Å². The first-order chi connectivity index (χ1) is 27.0. The predicted octanol–water partition coefficient (Wildman–Crippen LogP) is 15.1. The highest BCUT2D eigenvalue weighted by Gasteiger charge is 2.14. The van der Waals surface area contributed by atoms with Crippen molar-refractivity contribution in [1.29, 1.82) is 0 Å².